The highest BCUT2D eigenvalue weighted by Crippen LogP contribution is 2.15. The van der Waals surface area contributed by atoms with Gasteiger partial charge in [0.1, 0.15) is 6.54 Å². The molecule has 1 heterocycles. The zero-order chi connectivity index (χ0) is 15.4. The Hall–Kier alpha value is -2.30. The summed E-state index contributed by atoms with van der Waals surface area (Å²) in [6, 6.07) is 9.99. The van der Waals surface area contributed by atoms with Crippen molar-refractivity contribution < 1.29 is 4.79 Å². The van der Waals surface area contributed by atoms with Crippen LogP contribution in [0.4, 0.5) is 5.69 Å². The van der Waals surface area contributed by atoms with Gasteiger partial charge in [-0.25, -0.2) is 0 Å². The van der Waals surface area contributed by atoms with E-state index in [1.165, 1.54) is 0 Å². The molecule has 5 heteroatoms. The maximum Gasteiger partial charge on any atom is 0.244 e. The molecule has 0 bridgehead atoms. The number of amides is 1. The summed E-state index contributed by atoms with van der Waals surface area (Å²) in [4.78, 5) is 14.3. The largest absolute Gasteiger partial charge is 0.396 e. The van der Waals surface area contributed by atoms with Gasteiger partial charge in [-0.1, -0.05) is 30.3 Å². The summed E-state index contributed by atoms with van der Waals surface area (Å²) in [5, 5.41) is 4.32. The molecule has 0 saturated heterocycles. The van der Waals surface area contributed by atoms with Crippen molar-refractivity contribution in [3.05, 3.63) is 47.3 Å². The third kappa shape index (κ3) is 3.42. The van der Waals surface area contributed by atoms with Crippen LogP contribution in [0.2, 0.25) is 0 Å². The van der Waals surface area contributed by atoms with E-state index in [-0.39, 0.29) is 12.5 Å². The van der Waals surface area contributed by atoms with Crippen LogP contribution in [0.5, 0.6) is 0 Å². The predicted octanol–water partition coefficient (Wildman–Crippen LogP) is 2.13. The lowest BCUT2D eigenvalue weighted by Gasteiger charge is -2.21. The Morgan fingerprint density at radius 3 is 2.48 bits per heavy atom. The number of benzene rings is 1. The first kappa shape index (κ1) is 15.1. The number of nitrogens with zero attached hydrogens (tertiary/aromatic N) is 3. The Labute approximate surface area is 125 Å². The molecule has 0 aliphatic heterocycles. The smallest absolute Gasteiger partial charge is 0.244 e. The van der Waals surface area contributed by atoms with Crippen molar-refractivity contribution in [2.45, 2.75) is 33.9 Å². The molecule has 1 aromatic carbocycles. The van der Waals surface area contributed by atoms with Crippen molar-refractivity contribution in [3.8, 4) is 0 Å². The van der Waals surface area contributed by atoms with Gasteiger partial charge in [0, 0.05) is 13.1 Å². The standard InChI is InChI=1S/C16H22N4O/c1-4-19(10-14-8-6-5-7-9-14)15(21)11-20-13(3)16(17)12(2)18-20/h5-9H,4,10-11,17H2,1-3H3. The molecule has 0 radical (unpaired) electrons. The maximum atomic E-state index is 12.4. The third-order valence-electron chi connectivity index (χ3n) is 3.67. The van der Waals surface area contributed by atoms with Gasteiger partial charge < -0.3 is 10.6 Å². The summed E-state index contributed by atoms with van der Waals surface area (Å²) in [7, 11) is 0. The molecule has 0 saturated carbocycles. The monoisotopic (exact) mass is 286 g/mol. The van der Waals surface area contributed by atoms with Gasteiger partial charge in [-0.15, -0.1) is 0 Å². The number of hydrogen-bond donors (Lipinski definition) is 1. The molecule has 2 N–H and O–H groups in total. The van der Waals surface area contributed by atoms with Crippen molar-refractivity contribution in [2.75, 3.05) is 12.3 Å². The Morgan fingerprint density at radius 1 is 1.29 bits per heavy atom. The molecule has 112 valence electrons. The summed E-state index contributed by atoms with van der Waals surface area (Å²) in [5.41, 5.74) is 9.30. The predicted molar refractivity (Wildman–Crippen MR) is 83.6 cm³/mol. The number of rotatable bonds is 5. The molecule has 0 atom stereocenters. The van der Waals surface area contributed by atoms with Crippen LogP contribution in [-0.4, -0.2) is 27.1 Å². The van der Waals surface area contributed by atoms with Crippen LogP contribution in [0.25, 0.3) is 0 Å². The zero-order valence-electron chi connectivity index (χ0n) is 12.8. The average Bonchev–Trinajstić information content (AvgIpc) is 2.73. The summed E-state index contributed by atoms with van der Waals surface area (Å²) in [6.45, 7) is 7.23. The number of likely N-dealkylation sites (N-methyl/N-ethyl adjacent to an activating group) is 1. The number of carbonyl (C=O) groups is 1. The Bertz CT molecular complexity index is 619. The minimum atomic E-state index is 0.0481. The number of nitrogen functional groups attached to an aromatic ring is 1. The van der Waals surface area contributed by atoms with E-state index in [0.717, 1.165) is 17.0 Å². The maximum absolute atomic E-state index is 12.4. The lowest BCUT2D eigenvalue weighted by atomic mass is 10.2. The van der Waals surface area contributed by atoms with E-state index in [9.17, 15) is 4.79 Å². The first-order valence-corrected chi connectivity index (χ1v) is 7.14. The molecule has 1 aromatic heterocycles. The van der Waals surface area contributed by atoms with Crippen LogP contribution >= 0.6 is 0 Å². The fourth-order valence-electron chi connectivity index (χ4n) is 2.27. The lowest BCUT2D eigenvalue weighted by Crippen LogP contribution is -2.33. The molecule has 0 fully saturated rings. The fourth-order valence-corrected chi connectivity index (χ4v) is 2.27. The molecule has 0 aliphatic carbocycles. The van der Waals surface area contributed by atoms with Gasteiger partial charge in [0.15, 0.2) is 0 Å². The normalized spacial score (nSPS) is 10.6. The van der Waals surface area contributed by atoms with Gasteiger partial charge in [-0.2, -0.15) is 5.10 Å². The number of nitrogens with two attached hydrogens (primary N) is 1. The quantitative estimate of drug-likeness (QED) is 0.915. The van der Waals surface area contributed by atoms with E-state index in [4.69, 9.17) is 5.73 Å². The lowest BCUT2D eigenvalue weighted by molar-refractivity contribution is -0.132. The van der Waals surface area contributed by atoms with Gasteiger partial charge in [0.05, 0.1) is 17.1 Å². The first-order valence-electron chi connectivity index (χ1n) is 7.14. The molecular formula is C16H22N4O. The van der Waals surface area contributed by atoms with E-state index < -0.39 is 0 Å². The summed E-state index contributed by atoms with van der Waals surface area (Å²) in [5.74, 6) is 0.0481. The zero-order valence-corrected chi connectivity index (χ0v) is 12.8. The Morgan fingerprint density at radius 2 is 1.95 bits per heavy atom. The minimum absolute atomic E-state index is 0.0481. The SMILES string of the molecule is CCN(Cc1ccccc1)C(=O)Cn1nc(C)c(N)c1C. The van der Waals surface area contributed by atoms with E-state index in [2.05, 4.69) is 5.10 Å². The molecule has 5 nitrogen and oxygen atoms in total. The van der Waals surface area contributed by atoms with Gasteiger partial charge in [-0.05, 0) is 26.3 Å². The van der Waals surface area contributed by atoms with Crippen molar-refractivity contribution in [3.63, 3.8) is 0 Å². The Kier molecular flexibility index (Phi) is 4.62. The van der Waals surface area contributed by atoms with E-state index in [0.29, 0.717) is 18.8 Å². The second-order valence-electron chi connectivity index (χ2n) is 5.14. The van der Waals surface area contributed by atoms with Crippen LogP contribution in [-0.2, 0) is 17.9 Å². The first-order chi connectivity index (χ1) is 10.0. The number of aromatic nitrogens is 2. The molecular weight excluding hydrogens is 264 g/mol. The average molecular weight is 286 g/mol. The second-order valence-corrected chi connectivity index (χ2v) is 5.14. The Balaban J connectivity index is 2.08. The van der Waals surface area contributed by atoms with Gasteiger partial charge in [0.25, 0.3) is 0 Å². The van der Waals surface area contributed by atoms with Gasteiger partial charge >= 0.3 is 0 Å². The summed E-state index contributed by atoms with van der Waals surface area (Å²) in [6.07, 6.45) is 0. The summed E-state index contributed by atoms with van der Waals surface area (Å²) < 4.78 is 1.68. The highest BCUT2D eigenvalue weighted by molar-refractivity contribution is 5.76. The highest BCUT2D eigenvalue weighted by atomic mass is 16.2. The van der Waals surface area contributed by atoms with Crippen molar-refractivity contribution in [2.24, 2.45) is 0 Å². The highest BCUT2D eigenvalue weighted by Gasteiger charge is 2.16. The molecule has 0 unspecified atom stereocenters. The van der Waals surface area contributed by atoms with Crippen LogP contribution in [0, 0.1) is 13.8 Å². The topological polar surface area (TPSA) is 64.2 Å². The minimum Gasteiger partial charge on any atom is -0.396 e. The second kappa shape index (κ2) is 6.43. The van der Waals surface area contributed by atoms with Crippen LogP contribution in [0.15, 0.2) is 30.3 Å². The molecule has 1 amide bonds. The number of anilines is 1. The van der Waals surface area contributed by atoms with Crippen molar-refractivity contribution in [1.29, 1.82) is 0 Å². The van der Waals surface area contributed by atoms with Crippen molar-refractivity contribution >= 4 is 11.6 Å². The molecule has 0 spiro atoms. The van der Waals surface area contributed by atoms with Crippen LogP contribution < -0.4 is 5.73 Å². The number of aryl methyl sites for hydroxylation is 1. The number of carbonyl (C=O) groups excluding carboxylic acids is 1. The van der Waals surface area contributed by atoms with Crippen LogP contribution in [0.3, 0.4) is 0 Å². The molecule has 2 aromatic rings. The van der Waals surface area contributed by atoms with Crippen molar-refractivity contribution in [1.82, 2.24) is 14.7 Å². The van der Waals surface area contributed by atoms with E-state index in [1.54, 1.807) is 4.68 Å². The molecule has 21 heavy (non-hydrogen) atoms. The third-order valence-corrected chi connectivity index (χ3v) is 3.67. The number of hydrogen-bond acceptors (Lipinski definition) is 3. The van der Waals surface area contributed by atoms with Crippen LogP contribution in [0.1, 0.15) is 23.9 Å². The fraction of sp³-hybridized carbons (Fsp3) is 0.375. The molecule has 0 aliphatic rings. The van der Waals surface area contributed by atoms with Gasteiger partial charge in [0.2, 0.25) is 5.91 Å². The van der Waals surface area contributed by atoms with E-state index >= 15 is 0 Å². The summed E-state index contributed by atoms with van der Waals surface area (Å²) >= 11 is 0. The van der Waals surface area contributed by atoms with E-state index in [1.807, 2.05) is 56.0 Å². The molecule has 2 rings (SSSR count). The van der Waals surface area contributed by atoms with Gasteiger partial charge in [-0.3, -0.25) is 9.48 Å².